The second kappa shape index (κ2) is 55.0. The van der Waals surface area contributed by atoms with Crippen molar-refractivity contribution in [3.05, 3.63) is 109 Å². The number of ether oxygens (including phenoxy) is 1. The van der Waals surface area contributed by atoms with Gasteiger partial charge in [0.1, 0.15) is 19.3 Å². The second-order valence-corrected chi connectivity index (χ2v) is 22.9. The quantitative estimate of drug-likeness (QED) is 0.0205. The third-order valence-corrected chi connectivity index (χ3v) is 13.9. The summed E-state index contributed by atoms with van der Waals surface area (Å²) >= 11 is 0. The van der Waals surface area contributed by atoms with Gasteiger partial charge in [-0.05, 0) is 109 Å². The first-order valence-corrected chi connectivity index (χ1v) is 32.2. The lowest BCUT2D eigenvalue weighted by molar-refractivity contribution is -0.870. The number of allylic oxidation sites excluding steroid dienone is 17. The molecule has 0 fully saturated rings. The molecule has 436 valence electrons. The van der Waals surface area contributed by atoms with Gasteiger partial charge in [0, 0.05) is 12.8 Å². The number of quaternary nitrogens is 1. The van der Waals surface area contributed by atoms with Crippen LogP contribution in [0.3, 0.4) is 0 Å². The molecule has 0 aromatic heterocycles. The van der Waals surface area contributed by atoms with Crippen LogP contribution < -0.4 is 5.32 Å². The van der Waals surface area contributed by atoms with E-state index in [0.717, 1.165) is 103 Å². The average molecular weight is 1080 g/mol. The van der Waals surface area contributed by atoms with Crippen molar-refractivity contribution in [1.82, 2.24) is 5.32 Å². The molecule has 0 aliphatic heterocycles. The molecule has 3 atom stereocenters. The van der Waals surface area contributed by atoms with Gasteiger partial charge < -0.3 is 19.4 Å². The van der Waals surface area contributed by atoms with E-state index in [2.05, 4.69) is 123 Å². The summed E-state index contributed by atoms with van der Waals surface area (Å²) in [5.74, 6) is -0.587. The predicted molar refractivity (Wildman–Crippen MR) is 327 cm³/mol. The molecule has 0 heterocycles. The Morgan fingerprint density at radius 1 is 0.474 bits per heavy atom. The molecule has 0 saturated carbocycles. The number of amides is 1. The molecule has 0 bridgehead atoms. The predicted octanol–water partition coefficient (Wildman–Crippen LogP) is 18.9. The van der Waals surface area contributed by atoms with Gasteiger partial charge in [0.05, 0.1) is 33.8 Å². The van der Waals surface area contributed by atoms with Gasteiger partial charge in [0.2, 0.25) is 5.91 Å². The Morgan fingerprint density at radius 3 is 1.32 bits per heavy atom. The Balaban J connectivity index is 5.36. The van der Waals surface area contributed by atoms with Crippen LogP contribution in [0.1, 0.15) is 245 Å². The number of hydrogen-bond acceptors (Lipinski definition) is 6. The van der Waals surface area contributed by atoms with Gasteiger partial charge in [-0.25, -0.2) is 4.57 Å². The summed E-state index contributed by atoms with van der Waals surface area (Å²) in [7, 11) is 1.44. The molecular weight excluding hydrogens is 964 g/mol. The third-order valence-electron chi connectivity index (χ3n) is 12.9. The summed E-state index contributed by atoms with van der Waals surface area (Å²) in [6, 6.07) is -0.888. The van der Waals surface area contributed by atoms with E-state index in [1.54, 1.807) is 0 Å². The van der Waals surface area contributed by atoms with Crippen LogP contribution in [0.15, 0.2) is 109 Å². The molecule has 0 aliphatic carbocycles. The zero-order valence-corrected chi connectivity index (χ0v) is 50.6. The van der Waals surface area contributed by atoms with Gasteiger partial charge in [-0.15, -0.1) is 0 Å². The van der Waals surface area contributed by atoms with Crippen LogP contribution in [0.25, 0.3) is 0 Å². The zero-order valence-electron chi connectivity index (χ0n) is 49.7. The lowest BCUT2D eigenvalue weighted by Crippen LogP contribution is -2.47. The molecule has 0 saturated heterocycles. The first-order chi connectivity index (χ1) is 36.9. The Hall–Kier alpha value is -3.33. The fraction of sp³-hybridized carbons (Fsp3) is 0.697. The Kier molecular flexibility index (Phi) is 52.6. The number of phosphoric acid groups is 1. The topological polar surface area (TPSA) is 111 Å². The fourth-order valence-corrected chi connectivity index (χ4v) is 8.95. The number of esters is 1. The maximum atomic E-state index is 13.5. The smallest absolute Gasteiger partial charge is 0.456 e. The molecular formula is C66H116N2O7P+. The minimum atomic E-state index is -4.47. The van der Waals surface area contributed by atoms with Crippen molar-refractivity contribution < 1.29 is 37.3 Å². The van der Waals surface area contributed by atoms with Crippen LogP contribution in [0, 0.1) is 0 Å². The Bertz CT molecular complexity index is 1670. The Morgan fingerprint density at radius 2 is 0.855 bits per heavy atom. The number of likely N-dealkylation sites (N-methyl/N-ethyl adjacent to an activating group) is 1. The summed E-state index contributed by atoms with van der Waals surface area (Å²) in [4.78, 5) is 37.7. The molecule has 1 amide bonds. The number of hydrogen-bond donors (Lipinski definition) is 2. The number of nitrogens with one attached hydrogen (secondary N) is 1. The fourth-order valence-electron chi connectivity index (χ4n) is 8.22. The largest absolute Gasteiger partial charge is 0.472 e. The molecule has 76 heavy (non-hydrogen) atoms. The summed E-state index contributed by atoms with van der Waals surface area (Å²) in [6.07, 6.45) is 75.2. The lowest BCUT2D eigenvalue weighted by atomic mass is 10.0. The summed E-state index contributed by atoms with van der Waals surface area (Å²) in [5.41, 5.74) is 0. The SMILES string of the molecule is CC/C=C\C/C=C\C/C=C\C/C=C\C/C=C\CCCC(=O)NC(COP(=O)(O)OCC[N+](C)(C)C)C(/C=C/CCCCCCCCCCCC)OC(=O)CCCCCCCCCC/C=C\C/C=C\C/C=C\CCCCC. The zero-order chi connectivity index (χ0) is 55.7. The van der Waals surface area contributed by atoms with Crippen molar-refractivity contribution in [3.63, 3.8) is 0 Å². The molecule has 0 aliphatic rings. The van der Waals surface area contributed by atoms with Crippen molar-refractivity contribution >= 4 is 19.7 Å². The van der Waals surface area contributed by atoms with E-state index in [1.807, 2.05) is 33.3 Å². The first kappa shape index (κ1) is 72.7. The normalized spacial score (nSPS) is 14.5. The highest BCUT2D eigenvalue weighted by molar-refractivity contribution is 7.47. The number of nitrogens with zero attached hydrogens (tertiary/aromatic N) is 1. The van der Waals surface area contributed by atoms with Crippen molar-refractivity contribution in [2.45, 2.75) is 258 Å². The van der Waals surface area contributed by atoms with E-state index in [1.165, 1.54) is 103 Å². The molecule has 3 unspecified atom stereocenters. The summed E-state index contributed by atoms with van der Waals surface area (Å²) in [6.45, 7) is 6.81. The molecule has 0 radical (unpaired) electrons. The molecule has 0 aromatic carbocycles. The van der Waals surface area contributed by atoms with Gasteiger partial charge in [-0.3, -0.25) is 18.6 Å². The van der Waals surface area contributed by atoms with Crippen LogP contribution >= 0.6 is 7.82 Å². The van der Waals surface area contributed by atoms with Crippen LogP contribution in [0.2, 0.25) is 0 Å². The number of phosphoric ester groups is 1. The highest BCUT2D eigenvalue weighted by Crippen LogP contribution is 2.43. The minimum absolute atomic E-state index is 0.0229. The summed E-state index contributed by atoms with van der Waals surface area (Å²) in [5, 5.41) is 3.01. The van der Waals surface area contributed by atoms with Gasteiger partial charge in [0.25, 0.3) is 0 Å². The monoisotopic (exact) mass is 1080 g/mol. The van der Waals surface area contributed by atoms with E-state index in [0.29, 0.717) is 17.4 Å². The van der Waals surface area contributed by atoms with Gasteiger partial charge in [-0.1, -0.05) is 233 Å². The van der Waals surface area contributed by atoms with E-state index >= 15 is 0 Å². The number of unbranched alkanes of at least 4 members (excludes halogenated alkanes) is 22. The highest BCUT2D eigenvalue weighted by atomic mass is 31.2. The van der Waals surface area contributed by atoms with E-state index in [9.17, 15) is 19.0 Å². The Labute approximate surface area is 468 Å². The minimum Gasteiger partial charge on any atom is -0.456 e. The molecule has 0 rings (SSSR count). The number of carbonyl (C=O) groups is 2. The van der Waals surface area contributed by atoms with E-state index in [4.69, 9.17) is 13.8 Å². The summed E-state index contributed by atoms with van der Waals surface area (Å²) < 4.78 is 30.6. The maximum absolute atomic E-state index is 13.5. The van der Waals surface area contributed by atoms with Crippen molar-refractivity contribution in [1.29, 1.82) is 0 Å². The van der Waals surface area contributed by atoms with Crippen molar-refractivity contribution in [3.8, 4) is 0 Å². The standard InChI is InChI=1S/C66H115N2O7P/c1-7-10-13-16-19-22-25-28-30-32-33-34-35-37-39-41-44-47-50-53-56-59-66(70)75-64(57-54-51-48-45-42-27-24-21-18-15-12-9-3)63(62-74-76(71,72)73-61-60-68(4,5)6)67-65(69)58-55-52-49-46-43-40-38-36-31-29-26-23-20-17-14-11-8-2/h11,14,19-20,22-23,28-31,33-34,38,40,46,49,54,57,63-64H,7-10,12-13,15-18,21,24-27,32,35-37,39,41-45,47-48,50-53,55-56,58-62H2,1-6H3,(H-,67,69,71,72)/p+1/b14-11-,22-19-,23-20-,30-28-,31-29-,34-33-,40-38-,49-46-,57-54+. The van der Waals surface area contributed by atoms with E-state index in [-0.39, 0.29) is 37.9 Å². The van der Waals surface area contributed by atoms with Gasteiger partial charge in [-0.2, -0.15) is 0 Å². The first-order valence-electron chi connectivity index (χ1n) is 30.7. The third kappa shape index (κ3) is 55.4. The molecule has 10 heteroatoms. The van der Waals surface area contributed by atoms with Crippen LogP contribution in [-0.2, 0) is 27.9 Å². The van der Waals surface area contributed by atoms with Gasteiger partial charge >= 0.3 is 13.8 Å². The molecule has 0 aromatic rings. The maximum Gasteiger partial charge on any atom is 0.472 e. The molecule has 2 N–H and O–H groups in total. The van der Waals surface area contributed by atoms with Crippen LogP contribution in [0.4, 0.5) is 0 Å². The lowest BCUT2D eigenvalue weighted by Gasteiger charge is -2.27. The van der Waals surface area contributed by atoms with E-state index < -0.39 is 20.0 Å². The number of rotatable bonds is 54. The molecule has 9 nitrogen and oxygen atoms in total. The highest BCUT2D eigenvalue weighted by Gasteiger charge is 2.30. The average Bonchev–Trinajstić information content (AvgIpc) is 3.38. The van der Waals surface area contributed by atoms with Crippen molar-refractivity contribution in [2.75, 3.05) is 40.9 Å². The second-order valence-electron chi connectivity index (χ2n) is 21.5. The number of carbonyl (C=O) groups excluding carboxylic acids is 2. The molecule has 0 spiro atoms. The van der Waals surface area contributed by atoms with Crippen LogP contribution in [0.5, 0.6) is 0 Å². The van der Waals surface area contributed by atoms with Crippen LogP contribution in [-0.4, -0.2) is 74.3 Å². The van der Waals surface area contributed by atoms with Crippen molar-refractivity contribution in [2.24, 2.45) is 0 Å². The van der Waals surface area contributed by atoms with Gasteiger partial charge in [0.15, 0.2) is 0 Å².